The molecule has 2 rings (SSSR count). The van der Waals surface area contributed by atoms with E-state index in [0.717, 1.165) is 12.8 Å². The van der Waals surface area contributed by atoms with Crippen LogP contribution in [0, 0.1) is 11.3 Å². The maximum absolute atomic E-state index is 9.95. The zero-order valence-corrected chi connectivity index (χ0v) is 7.66. The summed E-state index contributed by atoms with van der Waals surface area (Å²) >= 11 is 0. The number of aliphatic hydroxyl groups is 1. The number of ether oxygens (including phenoxy) is 1. The Labute approximate surface area is 73.2 Å². The van der Waals surface area contributed by atoms with E-state index < -0.39 is 0 Å². The highest BCUT2D eigenvalue weighted by molar-refractivity contribution is 5.04. The van der Waals surface area contributed by atoms with Crippen LogP contribution in [0.1, 0.15) is 26.7 Å². The Bertz CT molecular complexity index is 206. The second-order valence-corrected chi connectivity index (χ2v) is 4.39. The van der Waals surface area contributed by atoms with Crippen molar-refractivity contribution in [2.75, 3.05) is 0 Å². The van der Waals surface area contributed by atoms with E-state index in [1.165, 1.54) is 0 Å². The van der Waals surface area contributed by atoms with Crippen LogP contribution in [0.5, 0.6) is 0 Å². The number of aliphatic hydroxyl groups excluding tert-OH is 1. The summed E-state index contributed by atoms with van der Waals surface area (Å²) in [4.78, 5) is 0. The van der Waals surface area contributed by atoms with Gasteiger partial charge in [-0.05, 0) is 24.3 Å². The van der Waals surface area contributed by atoms with Gasteiger partial charge in [0.15, 0.2) is 0 Å². The molecule has 1 heterocycles. The van der Waals surface area contributed by atoms with Gasteiger partial charge in [-0.15, -0.1) is 0 Å². The molecule has 1 aliphatic heterocycles. The Hall–Kier alpha value is -0.500. The molecule has 2 nitrogen and oxygen atoms in total. The first-order valence-electron chi connectivity index (χ1n) is 4.64. The zero-order chi connectivity index (χ0) is 8.77. The van der Waals surface area contributed by atoms with Crippen molar-refractivity contribution in [3.8, 4) is 0 Å². The summed E-state index contributed by atoms with van der Waals surface area (Å²) in [5.41, 5.74) is 0.144. The van der Waals surface area contributed by atoms with E-state index in [-0.39, 0.29) is 17.6 Å². The van der Waals surface area contributed by atoms with Crippen molar-refractivity contribution in [3.63, 3.8) is 0 Å². The molecule has 2 aliphatic rings. The van der Waals surface area contributed by atoms with Crippen LogP contribution < -0.4 is 0 Å². The molecule has 0 radical (unpaired) electrons. The van der Waals surface area contributed by atoms with E-state index in [1.54, 1.807) is 6.26 Å². The Balaban J connectivity index is 2.00. The molecule has 0 aromatic heterocycles. The molecule has 1 fully saturated rings. The molecule has 1 saturated carbocycles. The van der Waals surface area contributed by atoms with Crippen molar-refractivity contribution in [1.82, 2.24) is 0 Å². The predicted octanol–water partition coefficient (Wildman–Crippen LogP) is 1.70. The molecule has 2 heteroatoms. The first-order chi connectivity index (χ1) is 5.63. The van der Waals surface area contributed by atoms with E-state index in [0.29, 0.717) is 5.92 Å². The average molecular weight is 168 g/mol. The number of hydrogen-bond donors (Lipinski definition) is 1. The maximum atomic E-state index is 9.95. The van der Waals surface area contributed by atoms with Gasteiger partial charge in [-0.3, -0.25) is 0 Å². The van der Waals surface area contributed by atoms with Crippen LogP contribution >= 0.6 is 0 Å². The SMILES string of the molecule is CC1C=COC1C(O)C1(C)CC1. The highest BCUT2D eigenvalue weighted by Crippen LogP contribution is 2.50. The summed E-state index contributed by atoms with van der Waals surface area (Å²) in [7, 11) is 0. The van der Waals surface area contributed by atoms with Crippen LogP contribution in [0.4, 0.5) is 0 Å². The third-order valence-corrected chi connectivity index (χ3v) is 3.20. The Morgan fingerprint density at radius 3 is 2.67 bits per heavy atom. The van der Waals surface area contributed by atoms with Crippen LogP contribution in [-0.4, -0.2) is 17.3 Å². The monoisotopic (exact) mass is 168 g/mol. The van der Waals surface area contributed by atoms with Crippen molar-refractivity contribution in [3.05, 3.63) is 12.3 Å². The minimum absolute atomic E-state index is 0.00231. The lowest BCUT2D eigenvalue weighted by molar-refractivity contribution is -0.0333. The maximum Gasteiger partial charge on any atom is 0.130 e. The lowest BCUT2D eigenvalue weighted by atomic mass is 9.90. The van der Waals surface area contributed by atoms with Gasteiger partial charge in [0.2, 0.25) is 0 Å². The van der Waals surface area contributed by atoms with Gasteiger partial charge < -0.3 is 9.84 Å². The largest absolute Gasteiger partial charge is 0.495 e. The standard InChI is InChI=1S/C10H16O2/c1-7-3-6-12-8(7)9(11)10(2)4-5-10/h3,6-9,11H,4-5H2,1-2H3. The fourth-order valence-electron chi connectivity index (χ4n) is 1.74. The van der Waals surface area contributed by atoms with Gasteiger partial charge in [0.25, 0.3) is 0 Å². The van der Waals surface area contributed by atoms with E-state index in [4.69, 9.17) is 4.74 Å². The van der Waals surface area contributed by atoms with Gasteiger partial charge in [-0.2, -0.15) is 0 Å². The molecule has 0 saturated heterocycles. The third-order valence-electron chi connectivity index (χ3n) is 3.20. The van der Waals surface area contributed by atoms with E-state index in [9.17, 15) is 5.11 Å². The minimum atomic E-state index is -0.289. The number of hydrogen-bond acceptors (Lipinski definition) is 2. The van der Waals surface area contributed by atoms with Crippen molar-refractivity contribution in [2.24, 2.45) is 11.3 Å². The minimum Gasteiger partial charge on any atom is -0.495 e. The summed E-state index contributed by atoms with van der Waals surface area (Å²) in [5, 5.41) is 9.95. The van der Waals surface area contributed by atoms with Crippen LogP contribution in [0.3, 0.4) is 0 Å². The van der Waals surface area contributed by atoms with Crippen molar-refractivity contribution < 1.29 is 9.84 Å². The van der Waals surface area contributed by atoms with Crippen molar-refractivity contribution in [2.45, 2.75) is 38.9 Å². The van der Waals surface area contributed by atoms with Gasteiger partial charge in [-0.25, -0.2) is 0 Å². The summed E-state index contributed by atoms with van der Waals surface area (Å²) < 4.78 is 5.36. The highest BCUT2D eigenvalue weighted by atomic mass is 16.5. The Morgan fingerprint density at radius 2 is 2.25 bits per heavy atom. The molecule has 0 aromatic carbocycles. The zero-order valence-electron chi connectivity index (χ0n) is 7.66. The fraction of sp³-hybridized carbons (Fsp3) is 0.800. The van der Waals surface area contributed by atoms with Crippen molar-refractivity contribution >= 4 is 0 Å². The molecule has 1 aliphatic carbocycles. The second kappa shape index (κ2) is 2.49. The highest BCUT2D eigenvalue weighted by Gasteiger charge is 2.49. The summed E-state index contributed by atoms with van der Waals surface area (Å²) in [6, 6.07) is 0. The molecule has 3 unspecified atom stereocenters. The summed E-state index contributed by atoms with van der Waals surface area (Å²) in [6.45, 7) is 4.22. The summed E-state index contributed by atoms with van der Waals surface area (Å²) in [5.74, 6) is 0.359. The molecular weight excluding hydrogens is 152 g/mol. The second-order valence-electron chi connectivity index (χ2n) is 4.39. The van der Waals surface area contributed by atoms with Gasteiger partial charge in [0.05, 0.1) is 12.4 Å². The van der Waals surface area contributed by atoms with Gasteiger partial charge >= 0.3 is 0 Å². The molecule has 1 N–H and O–H groups in total. The van der Waals surface area contributed by atoms with E-state index in [1.807, 2.05) is 6.08 Å². The predicted molar refractivity (Wildman–Crippen MR) is 46.5 cm³/mol. The van der Waals surface area contributed by atoms with Gasteiger partial charge in [0.1, 0.15) is 6.10 Å². The quantitative estimate of drug-likeness (QED) is 0.680. The molecule has 68 valence electrons. The van der Waals surface area contributed by atoms with Crippen molar-refractivity contribution in [1.29, 1.82) is 0 Å². The van der Waals surface area contributed by atoms with E-state index in [2.05, 4.69) is 13.8 Å². The van der Waals surface area contributed by atoms with Gasteiger partial charge in [0, 0.05) is 5.92 Å². The Kier molecular flexibility index (Phi) is 1.69. The first kappa shape index (κ1) is 8.11. The smallest absolute Gasteiger partial charge is 0.130 e. The first-order valence-corrected chi connectivity index (χ1v) is 4.64. The molecule has 0 amide bonds. The lowest BCUT2D eigenvalue weighted by Gasteiger charge is -2.26. The molecule has 0 spiro atoms. The van der Waals surface area contributed by atoms with Crippen LogP contribution in [0.15, 0.2) is 12.3 Å². The normalized spacial score (nSPS) is 39.2. The molecule has 0 aromatic rings. The number of rotatable bonds is 2. The third kappa shape index (κ3) is 1.14. The Morgan fingerprint density at radius 1 is 1.58 bits per heavy atom. The summed E-state index contributed by atoms with van der Waals surface area (Å²) in [6.07, 6.45) is 5.71. The van der Waals surface area contributed by atoms with Crippen LogP contribution in [-0.2, 0) is 4.74 Å². The molecule has 12 heavy (non-hydrogen) atoms. The fourth-order valence-corrected chi connectivity index (χ4v) is 1.74. The van der Waals surface area contributed by atoms with Gasteiger partial charge in [-0.1, -0.05) is 13.8 Å². The van der Waals surface area contributed by atoms with Crippen LogP contribution in [0.25, 0.3) is 0 Å². The molecule has 0 bridgehead atoms. The average Bonchev–Trinajstić information content (AvgIpc) is 2.63. The van der Waals surface area contributed by atoms with E-state index >= 15 is 0 Å². The topological polar surface area (TPSA) is 29.5 Å². The van der Waals surface area contributed by atoms with Crippen LogP contribution in [0.2, 0.25) is 0 Å². The molecule has 3 atom stereocenters. The molecular formula is C10H16O2. The lowest BCUT2D eigenvalue weighted by Crippen LogP contribution is -2.36.